The molecule has 2 aliphatic rings. The molecular formula is C19H14O2. The smallest absolute Gasteiger partial charge is 0.307 e. The van der Waals surface area contributed by atoms with Gasteiger partial charge in [0.1, 0.15) is 0 Å². The van der Waals surface area contributed by atoms with Gasteiger partial charge in [-0.3, -0.25) is 4.79 Å². The lowest BCUT2D eigenvalue weighted by atomic mass is 9.91. The monoisotopic (exact) mass is 274 g/mol. The van der Waals surface area contributed by atoms with E-state index in [-0.39, 0.29) is 6.42 Å². The lowest BCUT2D eigenvalue weighted by Gasteiger charge is -2.13. The number of aliphatic carboxylic acids is 1. The summed E-state index contributed by atoms with van der Waals surface area (Å²) in [4.78, 5) is 10.8. The SMILES string of the molecule is O=C(O)CC1=CCc2c(ccc3c4c(ccc23)=CC=C4)=C1. The fourth-order valence-electron chi connectivity index (χ4n) is 3.26. The van der Waals surface area contributed by atoms with Gasteiger partial charge in [0.15, 0.2) is 0 Å². The van der Waals surface area contributed by atoms with Crippen molar-refractivity contribution < 1.29 is 9.90 Å². The second-order valence-electron chi connectivity index (χ2n) is 5.52. The first-order valence-electron chi connectivity index (χ1n) is 7.08. The summed E-state index contributed by atoms with van der Waals surface area (Å²) in [5, 5.41) is 13.9. The molecule has 0 aliphatic heterocycles. The van der Waals surface area contributed by atoms with Crippen LogP contribution in [0.4, 0.5) is 0 Å². The highest BCUT2D eigenvalue weighted by Crippen LogP contribution is 2.23. The van der Waals surface area contributed by atoms with E-state index >= 15 is 0 Å². The lowest BCUT2D eigenvalue weighted by molar-refractivity contribution is -0.136. The minimum Gasteiger partial charge on any atom is -0.481 e. The summed E-state index contributed by atoms with van der Waals surface area (Å²) >= 11 is 0. The van der Waals surface area contributed by atoms with Gasteiger partial charge in [0.25, 0.3) is 0 Å². The van der Waals surface area contributed by atoms with Crippen LogP contribution in [0.3, 0.4) is 0 Å². The van der Waals surface area contributed by atoms with Crippen LogP contribution in [0.1, 0.15) is 17.5 Å². The number of carboxylic acids is 1. The molecule has 2 nitrogen and oxygen atoms in total. The zero-order chi connectivity index (χ0) is 14.4. The van der Waals surface area contributed by atoms with Gasteiger partial charge in [0.05, 0.1) is 6.42 Å². The van der Waals surface area contributed by atoms with Gasteiger partial charge in [-0.15, -0.1) is 0 Å². The van der Waals surface area contributed by atoms with Crippen molar-refractivity contribution in [3.8, 4) is 0 Å². The maximum Gasteiger partial charge on any atom is 0.307 e. The molecule has 0 atom stereocenters. The number of benzene rings is 2. The molecule has 2 heteroatoms. The molecule has 21 heavy (non-hydrogen) atoms. The molecule has 0 aromatic heterocycles. The van der Waals surface area contributed by atoms with Crippen molar-refractivity contribution >= 4 is 35.0 Å². The molecule has 0 radical (unpaired) electrons. The fourth-order valence-corrected chi connectivity index (χ4v) is 3.26. The number of carbonyl (C=O) groups is 1. The molecule has 0 heterocycles. The molecule has 102 valence electrons. The van der Waals surface area contributed by atoms with Crippen molar-refractivity contribution in [3.63, 3.8) is 0 Å². The van der Waals surface area contributed by atoms with Crippen LogP contribution in [0.2, 0.25) is 0 Å². The molecule has 0 fully saturated rings. The Bertz CT molecular complexity index is 959. The van der Waals surface area contributed by atoms with E-state index in [9.17, 15) is 4.79 Å². The molecule has 0 bridgehead atoms. The van der Waals surface area contributed by atoms with Gasteiger partial charge >= 0.3 is 5.97 Å². The average Bonchev–Trinajstić information content (AvgIpc) is 2.94. The average molecular weight is 274 g/mol. The number of hydrogen-bond donors (Lipinski definition) is 1. The molecule has 0 unspecified atom stereocenters. The van der Waals surface area contributed by atoms with E-state index in [0.29, 0.717) is 0 Å². The zero-order valence-corrected chi connectivity index (χ0v) is 11.5. The molecule has 2 aromatic rings. The van der Waals surface area contributed by atoms with Crippen LogP contribution in [-0.4, -0.2) is 11.1 Å². The third-order valence-electron chi connectivity index (χ3n) is 4.23. The summed E-state index contributed by atoms with van der Waals surface area (Å²) in [6.45, 7) is 0. The highest BCUT2D eigenvalue weighted by molar-refractivity contribution is 5.96. The highest BCUT2D eigenvalue weighted by Gasteiger charge is 2.12. The van der Waals surface area contributed by atoms with Crippen LogP contribution < -0.4 is 10.4 Å². The molecule has 0 saturated heterocycles. The molecule has 2 aromatic carbocycles. The standard InChI is InChI=1S/C19H14O2/c20-19(21)11-12-4-7-16-14(10-12)6-9-17-15-3-1-2-13(15)5-8-18(16)17/h1-6,8-10H,7,11H2,(H,20,21). The Morgan fingerprint density at radius 1 is 1.10 bits per heavy atom. The molecule has 0 saturated carbocycles. The third kappa shape index (κ3) is 1.91. The predicted molar refractivity (Wildman–Crippen MR) is 85.2 cm³/mol. The van der Waals surface area contributed by atoms with Gasteiger partial charge in [-0.1, -0.05) is 54.6 Å². The second kappa shape index (κ2) is 4.45. The van der Waals surface area contributed by atoms with Crippen molar-refractivity contribution in [2.75, 3.05) is 0 Å². The fraction of sp³-hybridized carbons (Fsp3) is 0.105. The zero-order valence-electron chi connectivity index (χ0n) is 11.5. The highest BCUT2D eigenvalue weighted by atomic mass is 16.4. The molecule has 2 aliphatic carbocycles. The van der Waals surface area contributed by atoms with Gasteiger partial charge in [0, 0.05) is 0 Å². The largest absolute Gasteiger partial charge is 0.481 e. The van der Waals surface area contributed by atoms with E-state index in [0.717, 1.165) is 17.2 Å². The maximum absolute atomic E-state index is 10.8. The van der Waals surface area contributed by atoms with Crippen molar-refractivity contribution in [1.29, 1.82) is 0 Å². The van der Waals surface area contributed by atoms with Crippen molar-refractivity contribution in [2.45, 2.75) is 12.8 Å². The first-order chi connectivity index (χ1) is 10.2. The van der Waals surface area contributed by atoms with Crippen LogP contribution in [-0.2, 0) is 11.2 Å². The molecular weight excluding hydrogens is 260 g/mol. The molecule has 0 spiro atoms. The number of allylic oxidation sites excluding steroid dienone is 2. The number of rotatable bonds is 2. The predicted octanol–water partition coefficient (Wildman–Crippen LogP) is 2.38. The summed E-state index contributed by atoms with van der Waals surface area (Å²) in [6, 6.07) is 8.60. The first-order valence-corrected chi connectivity index (χ1v) is 7.08. The summed E-state index contributed by atoms with van der Waals surface area (Å²) in [7, 11) is 0. The number of fused-ring (bicyclic) bond motifs is 5. The number of hydrogen-bond acceptors (Lipinski definition) is 1. The van der Waals surface area contributed by atoms with Gasteiger partial charge in [-0.25, -0.2) is 0 Å². The van der Waals surface area contributed by atoms with Crippen LogP contribution >= 0.6 is 0 Å². The third-order valence-corrected chi connectivity index (χ3v) is 4.23. The first kappa shape index (κ1) is 12.2. The Labute approximate surface area is 122 Å². The number of carboxylic acid groups (broad SMARTS) is 1. The van der Waals surface area contributed by atoms with E-state index in [4.69, 9.17) is 5.11 Å². The van der Waals surface area contributed by atoms with Gasteiger partial charge in [-0.05, 0) is 44.3 Å². The van der Waals surface area contributed by atoms with Crippen molar-refractivity contribution in [2.24, 2.45) is 0 Å². The van der Waals surface area contributed by atoms with E-state index in [1.165, 1.54) is 27.1 Å². The summed E-state index contributed by atoms with van der Waals surface area (Å²) in [5.41, 5.74) is 3.48. The second-order valence-corrected chi connectivity index (χ2v) is 5.52. The molecule has 0 amide bonds. The van der Waals surface area contributed by atoms with Crippen LogP contribution in [0.25, 0.3) is 29.0 Å². The van der Waals surface area contributed by atoms with Crippen molar-refractivity contribution in [3.05, 3.63) is 63.6 Å². The maximum atomic E-state index is 10.8. The minimum absolute atomic E-state index is 0.0966. The van der Waals surface area contributed by atoms with Gasteiger partial charge < -0.3 is 5.11 Å². The Morgan fingerprint density at radius 3 is 2.76 bits per heavy atom. The Morgan fingerprint density at radius 2 is 1.90 bits per heavy atom. The normalized spacial score (nSPS) is 15.0. The van der Waals surface area contributed by atoms with Gasteiger partial charge in [-0.2, -0.15) is 0 Å². The van der Waals surface area contributed by atoms with Crippen molar-refractivity contribution in [1.82, 2.24) is 0 Å². The van der Waals surface area contributed by atoms with Gasteiger partial charge in [0.2, 0.25) is 0 Å². The van der Waals surface area contributed by atoms with E-state index in [1.54, 1.807) is 0 Å². The van der Waals surface area contributed by atoms with E-state index < -0.39 is 5.97 Å². The van der Waals surface area contributed by atoms with E-state index in [2.05, 4.69) is 42.5 Å². The summed E-state index contributed by atoms with van der Waals surface area (Å²) < 4.78 is 0. The molecule has 1 N–H and O–H groups in total. The molecule has 4 rings (SSSR count). The minimum atomic E-state index is -0.778. The Balaban J connectivity index is 1.94. The lowest BCUT2D eigenvalue weighted by Crippen LogP contribution is -2.15. The Kier molecular flexibility index (Phi) is 2.58. The summed E-state index contributed by atoms with van der Waals surface area (Å²) in [5.74, 6) is -0.778. The van der Waals surface area contributed by atoms with Crippen LogP contribution in [0.5, 0.6) is 0 Å². The van der Waals surface area contributed by atoms with Crippen LogP contribution in [0.15, 0.2) is 42.0 Å². The Hall–Kier alpha value is -2.61. The van der Waals surface area contributed by atoms with Crippen LogP contribution in [0, 0.1) is 0 Å². The topological polar surface area (TPSA) is 37.3 Å². The summed E-state index contributed by atoms with van der Waals surface area (Å²) in [6.07, 6.45) is 11.3. The van der Waals surface area contributed by atoms with E-state index in [1.807, 2.05) is 12.2 Å². The quantitative estimate of drug-likeness (QED) is 0.913.